The molecule has 1 saturated carbocycles. The standard InChI is InChI=1S/C25H34O6/c1-16-11-12-20-17(2)21(10-7-15-27-22(26)18-8-5-4-6-9-18)28-23-25(20)19(16)13-14-24(3,29-23)30-31-25/h4-6,8-9,16-17,19-21,23H,7,10-15H2,1-3H3/t16-,17-,19+,20+,21-,23-,24+,25-/m1/s1. The largest absolute Gasteiger partial charge is 0.462 e. The molecule has 2 bridgehead atoms. The van der Waals surface area contributed by atoms with Crippen molar-refractivity contribution < 1.29 is 28.8 Å². The molecule has 5 aliphatic rings. The van der Waals surface area contributed by atoms with Gasteiger partial charge >= 0.3 is 5.97 Å². The van der Waals surface area contributed by atoms with Gasteiger partial charge < -0.3 is 14.2 Å². The van der Waals surface area contributed by atoms with Gasteiger partial charge in [-0.25, -0.2) is 14.6 Å². The maximum atomic E-state index is 12.2. The fourth-order valence-corrected chi connectivity index (χ4v) is 6.42. The molecule has 1 aromatic rings. The Labute approximate surface area is 184 Å². The molecule has 31 heavy (non-hydrogen) atoms. The fourth-order valence-electron chi connectivity index (χ4n) is 6.42. The molecule has 8 atom stereocenters. The van der Waals surface area contributed by atoms with Crippen LogP contribution in [0.5, 0.6) is 0 Å². The van der Waals surface area contributed by atoms with Gasteiger partial charge in [0.1, 0.15) is 0 Å². The average Bonchev–Trinajstić information content (AvgIpc) is 3.01. The van der Waals surface area contributed by atoms with E-state index < -0.39 is 17.7 Å². The third-order valence-corrected chi connectivity index (χ3v) is 8.17. The Morgan fingerprint density at radius 2 is 1.90 bits per heavy atom. The van der Waals surface area contributed by atoms with Crippen molar-refractivity contribution in [1.29, 1.82) is 0 Å². The number of esters is 1. The average molecular weight is 431 g/mol. The molecule has 0 amide bonds. The summed E-state index contributed by atoms with van der Waals surface area (Å²) < 4.78 is 18.5. The van der Waals surface area contributed by atoms with E-state index in [0.717, 1.165) is 32.1 Å². The first-order valence-electron chi connectivity index (χ1n) is 11.9. The van der Waals surface area contributed by atoms with E-state index in [-0.39, 0.29) is 12.1 Å². The van der Waals surface area contributed by atoms with Crippen molar-refractivity contribution >= 4 is 5.97 Å². The second kappa shape index (κ2) is 8.14. The van der Waals surface area contributed by atoms with Crippen LogP contribution in [0.4, 0.5) is 0 Å². The van der Waals surface area contributed by atoms with Crippen molar-refractivity contribution in [2.75, 3.05) is 6.61 Å². The van der Waals surface area contributed by atoms with Crippen LogP contribution in [0.1, 0.15) is 69.7 Å². The Morgan fingerprint density at radius 3 is 2.71 bits per heavy atom. The minimum atomic E-state index is -0.742. The highest BCUT2D eigenvalue weighted by Crippen LogP contribution is 2.60. The molecule has 6 heteroatoms. The minimum Gasteiger partial charge on any atom is -0.462 e. The van der Waals surface area contributed by atoms with Gasteiger partial charge in [0.25, 0.3) is 0 Å². The van der Waals surface area contributed by atoms with Crippen molar-refractivity contribution in [2.24, 2.45) is 23.7 Å². The second-order valence-electron chi connectivity index (χ2n) is 10.1. The number of benzene rings is 1. The van der Waals surface area contributed by atoms with Crippen molar-refractivity contribution in [2.45, 2.75) is 83.1 Å². The molecule has 1 aromatic carbocycles. The number of ether oxygens (including phenoxy) is 3. The maximum Gasteiger partial charge on any atom is 0.338 e. The van der Waals surface area contributed by atoms with Crippen LogP contribution < -0.4 is 0 Å². The summed E-state index contributed by atoms with van der Waals surface area (Å²) in [4.78, 5) is 24.2. The highest BCUT2D eigenvalue weighted by Gasteiger charge is 2.69. The Bertz CT molecular complexity index is 798. The number of hydrogen-bond acceptors (Lipinski definition) is 6. The molecular formula is C25H34O6. The molecule has 4 aliphatic heterocycles. The molecule has 0 N–H and O–H groups in total. The normalized spacial score (nSPS) is 43.7. The van der Waals surface area contributed by atoms with E-state index in [4.69, 9.17) is 24.0 Å². The summed E-state index contributed by atoms with van der Waals surface area (Å²) in [6, 6.07) is 9.12. The lowest BCUT2D eigenvalue weighted by Crippen LogP contribution is -2.70. The van der Waals surface area contributed by atoms with E-state index in [1.165, 1.54) is 6.42 Å². The van der Waals surface area contributed by atoms with Crippen molar-refractivity contribution in [3.8, 4) is 0 Å². The van der Waals surface area contributed by atoms with Gasteiger partial charge in [0.05, 0.1) is 18.3 Å². The summed E-state index contributed by atoms with van der Waals surface area (Å²) >= 11 is 0. The van der Waals surface area contributed by atoms with Crippen molar-refractivity contribution in [1.82, 2.24) is 0 Å². The molecule has 4 saturated heterocycles. The third-order valence-electron chi connectivity index (χ3n) is 8.17. The lowest BCUT2D eigenvalue weighted by molar-refractivity contribution is -0.571. The van der Waals surface area contributed by atoms with Crippen LogP contribution in [0.2, 0.25) is 0 Å². The van der Waals surface area contributed by atoms with Crippen LogP contribution in [0.25, 0.3) is 0 Å². The third kappa shape index (κ3) is 3.62. The van der Waals surface area contributed by atoms with E-state index in [0.29, 0.717) is 35.8 Å². The van der Waals surface area contributed by atoms with Gasteiger partial charge in [0, 0.05) is 12.3 Å². The quantitative estimate of drug-likeness (QED) is 0.377. The molecule has 6 nitrogen and oxygen atoms in total. The topological polar surface area (TPSA) is 63.2 Å². The zero-order valence-electron chi connectivity index (χ0n) is 18.8. The summed E-state index contributed by atoms with van der Waals surface area (Å²) in [5, 5.41) is 0. The van der Waals surface area contributed by atoms with Gasteiger partial charge in [0.15, 0.2) is 11.9 Å². The predicted molar refractivity (Wildman–Crippen MR) is 113 cm³/mol. The Kier molecular flexibility index (Phi) is 5.62. The van der Waals surface area contributed by atoms with Crippen molar-refractivity contribution in [3.05, 3.63) is 35.9 Å². The van der Waals surface area contributed by atoms with Crippen LogP contribution >= 0.6 is 0 Å². The summed E-state index contributed by atoms with van der Waals surface area (Å²) in [5.41, 5.74) is 0.0750. The SMILES string of the molecule is C[C@H]1[C@@H](CCCOC(=O)c2ccccc2)O[C@@H]2O[C@]3(C)CC[C@H]4[C@H](C)CC[C@@H]1[C@@]24OO3. The van der Waals surface area contributed by atoms with Crippen LogP contribution in [-0.2, 0) is 24.0 Å². The number of hydrogen-bond donors (Lipinski definition) is 0. The van der Waals surface area contributed by atoms with Gasteiger partial charge in [-0.2, -0.15) is 0 Å². The Balaban J connectivity index is 1.25. The predicted octanol–water partition coefficient (Wildman–Crippen LogP) is 4.87. The number of carbonyl (C=O) groups excluding carboxylic acids is 1. The highest BCUT2D eigenvalue weighted by atomic mass is 17.3. The van der Waals surface area contributed by atoms with Crippen molar-refractivity contribution in [3.63, 3.8) is 0 Å². The molecular weight excluding hydrogens is 396 g/mol. The first-order valence-corrected chi connectivity index (χ1v) is 11.9. The minimum absolute atomic E-state index is 0.0525. The van der Waals surface area contributed by atoms with E-state index in [9.17, 15) is 4.79 Å². The van der Waals surface area contributed by atoms with Gasteiger partial charge in [-0.1, -0.05) is 32.0 Å². The summed E-state index contributed by atoms with van der Waals surface area (Å²) in [6.45, 7) is 6.94. The Morgan fingerprint density at radius 1 is 1.10 bits per heavy atom. The number of fused-ring (bicyclic) bond motifs is 2. The van der Waals surface area contributed by atoms with Crippen LogP contribution in [0.15, 0.2) is 30.3 Å². The monoisotopic (exact) mass is 430 g/mol. The van der Waals surface area contributed by atoms with E-state index in [1.807, 2.05) is 25.1 Å². The summed E-state index contributed by atoms with van der Waals surface area (Å²) in [5.74, 6) is 0.599. The number of carbonyl (C=O) groups is 1. The van der Waals surface area contributed by atoms with E-state index in [1.54, 1.807) is 12.1 Å². The summed E-state index contributed by atoms with van der Waals surface area (Å²) in [6.07, 6.45) is 5.40. The van der Waals surface area contributed by atoms with Crippen LogP contribution in [-0.4, -0.2) is 36.4 Å². The van der Waals surface area contributed by atoms with E-state index >= 15 is 0 Å². The number of rotatable bonds is 5. The lowest BCUT2D eigenvalue weighted by Gasteiger charge is -2.60. The molecule has 6 rings (SSSR count). The molecule has 0 aromatic heterocycles. The zero-order chi connectivity index (χ0) is 21.6. The molecule has 1 spiro atoms. The second-order valence-corrected chi connectivity index (χ2v) is 10.1. The molecule has 0 unspecified atom stereocenters. The lowest BCUT2D eigenvalue weighted by atomic mass is 9.57. The Hall–Kier alpha value is -1.47. The summed E-state index contributed by atoms with van der Waals surface area (Å²) in [7, 11) is 0. The molecule has 4 heterocycles. The highest BCUT2D eigenvalue weighted by molar-refractivity contribution is 5.89. The molecule has 170 valence electrons. The smallest absolute Gasteiger partial charge is 0.338 e. The molecule has 1 aliphatic carbocycles. The van der Waals surface area contributed by atoms with Crippen LogP contribution in [0, 0.1) is 23.7 Å². The molecule has 0 radical (unpaired) electrons. The maximum absolute atomic E-state index is 12.2. The first kappa shape index (κ1) is 21.4. The van der Waals surface area contributed by atoms with E-state index in [2.05, 4.69) is 13.8 Å². The van der Waals surface area contributed by atoms with Gasteiger partial charge in [-0.3, -0.25) is 0 Å². The van der Waals surface area contributed by atoms with Gasteiger partial charge in [-0.05, 0) is 68.9 Å². The van der Waals surface area contributed by atoms with Gasteiger partial charge in [0.2, 0.25) is 5.79 Å². The first-order chi connectivity index (χ1) is 14.9. The fraction of sp³-hybridized carbons (Fsp3) is 0.720. The molecule has 5 fully saturated rings. The van der Waals surface area contributed by atoms with Crippen LogP contribution in [0.3, 0.4) is 0 Å². The zero-order valence-corrected chi connectivity index (χ0v) is 18.8. The van der Waals surface area contributed by atoms with Gasteiger partial charge in [-0.15, -0.1) is 0 Å².